The Labute approximate surface area is 172 Å². The first-order chi connectivity index (χ1) is 14.5. The van der Waals surface area contributed by atoms with Gasteiger partial charge in [-0.05, 0) is 37.1 Å². The van der Waals surface area contributed by atoms with Crippen molar-refractivity contribution in [1.29, 1.82) is 0 Å². The van der Waals surface area contributed by atoms with Gasteiger partial charge in [-0.25, -0.2) is 9.78 Å². The van der Waals surface area contributed by atoms with Gasteiger partial charge >= 0.3 is 5.97 Å². The molecule has 2 unspecified atom stereocenters. The number of para-hydroxylation sites is 1. The van der Waals surface area contributed by atoms with Crippen LogP contribution in [0, 0.1) is 11.8 Å². The van der Waals surface area contributed by atoms with Crippen LogP contribution in [0.25, 0.3) is 22.2 Å². The number of carbonyl (C=O) groups is 3. The molecule has 1 fully saturated rings. The van der Waals surface area contributed by atoms with Crippen LogP contribution in [-0.2, 0) is 9.59 Å². The summed E-state index contributed by atoms with van der Waals surface area (Å²) in [6.07, 6.45) is 5.08. The van der Waals surface area contributed by atoms with Crippen LogP contribution in [0.5, 0.6) is 0 Å². The zero-order valence-corrected chi connectivity index (χ0v) is 16.0. The third-order valence-electron chi connectivity index (χ3n) is 5.85. The van der Waals surface area contributed by atoms with Crippen LogP contribution < -0.4 is 4.90 Å². The Hall–Kier alpha value is -3.80. The fourth-order valence-electron chi connectivity index (χ4n) is 4.36. The van der Waals surface area contributed by atoms with Crippen LogP contribution in [0.4, 0.5) is 5.69 Å². The van der Waals surface area contributed by atoms with E-state index in [2.05, 4.69) is 4.98 Å². The van der Waals surface area contributed by atoms with Gasteiger partial charge in [0, 0.05) is 10.9 Å². The second-order valence-electron chi connectivity index (χ2n) is 7.60. The SMILES string of the molecule is O=C(O)c1cc(-c2cccc(N3C(=O)C4CC=CCC4C3=O)c2)nc2ccccc12. The highest BCUT2D eigenvalue weighted by molar-refractivity contribution is 6.22. The summed E-state index contributed by atoms with van der Waals surface area (Å²) in [7, 11) is 0. The lowest BCUT2D eigenvalue weighted by Gasteiger charge is -2.16. The predicted octanol–water partition coefficient (Wildman–Crippen LogP) is 4.06. The van der Waals surface area contributed by atoms with Crippen LogP contribution in [0.15, 0.2) is 66.7 Å². The van der Waals surface area contributed by atoms with Crippen LogP contribution in [0.3, 0.4) is 0 Å². The average Bonchev–Trinajstić information content (AvgIpc) is 3.03. The molecule has 2 atom stereocenters. The summed E-state index contributed by atoms with van der Waals surface area (Å²) in [5.41, 5.74) is 2.35. The number of carboxylic acids is 1. The van der Waals surface area contributed by atoms with E-state index in [-0.39, 0.29) is 29.2 Å². The highest BCUT2D eigenvalue weighted by Crippen LogP contribution is 2.38. The second-order valence-corrected chi connectivity index (χ2v) is 7.60. The number of fused-ring (bicyclic) bond motifs is 2. The minimum atomic E-state index is -1.03. The van der Waals surface area contributed by atoms with Crippen LogP contribution >= 0.6 is 0 Å². The lowest BCUT2D eigenvalue weighted by molar-refractivity contribution is -0.122. The van der Waals surface area contributed by atoms with Crippen molar-refractivity contribution in [1.82, 2.24) is 4.98 Å². The summed E-state index contributed by atoms with van der Waals surface area (Å²) in [5, 5.41) is 10.2. The fraction of sp³-hybridized carbons (Fsp3) is 0.167. The molecular weight excluding hydrogens is 380 g/mol. The summed E-state index contributed by atoms with van der Waals surface area (Å²) in [4.78, 5) is 43.4. The van der Waals surface area contributed by atoms with Crippen molar-refractivity contribution in [2.24, 2.45) is 11.8 Å². The molecule has 0 radical (unpaired) electrons. The molecule has 2 aliphatic rings. The normalized spacial score (nSPS) is 20.6. The maximum atomic E-state index is 12.9. The van der Waals surface area contributed by atoms with Crippen LogP contribution in [-0.4, -0.2) is 27.9 Å². The van der Waals surface area contributed by atoms with E-state index in [9.17, 15) is 19.5 Å². The molecule has 3 aromatic rings. The molecule has 2 heterocycles. The van der Waals surface area contributed by atoms with E-state index < -0.39 is 5.97 Å². The van der Waals surface area contributed by atoms with Crippen molar-refractivity contribution in [2.45, 2.75) is 12.8 Å². The third kappa shape index (κ3) is 2.80. The van der Waals surface area contributed by atoms with E-state index in [1.54, 1.807) is 48.5 Å². The number of hydrogen-bond donors (Lipinski definition) is 1. The maximum Gasteiger partial charge on any atom is 0.336 e. The Kier molecular flexibility index (Phi) is 4.20. The van der Waals surface area contributed by atoms with Crippen molar-refractivity contribution < 1.29 is 19.5 Å². The molecule has 30 heavy (non-hydrogen) atoms. The molecule has 1 N–H and O–H groups in total. The number of aromatic carboxylic acids is 1. The number of rotatable bonds is 3. The molecule has 6 nitrogen and oxygen atoms in total. The van der Waals surface area contributed by atoms with Crippen LogP contribution in [0.1, 0.15) is 23.2 Å². The van der Waals surface area contributed by atoms with Gasteiger partial charge in [-0.15, -0.1) is 0 Å². The number of aromatic nitrogens is 1. The first-order valence-electron chi connectivity index (χ1n) is 9.81. The lowest BCUT2D eigenvalue weighted by atomic mass is 9.85. The van der Waals surface area contributed by atoms with Crippen molar-refractivity contribution in [3.63, 3.8) is 0 Å². The zero-order valence-electron chi connectivity index (χ0n) is 16.0. The van der Waals surface area contributed by atoms with Gasteiger partial charge in [-0.2, -0.15) is 0 Å². The number of benzene rings is 2. The van der Waals surface area contributed by atoms with Crippen molar-refractivity contribution >= 4 is 34.4 Å². The first-order valence-corrected chi connectivity index (χ1v) is 9.81. The minimum absolute atomic E-state index is 0.159. The molecule has 1 aromatic heterocycles. The molecule has 0 spiro atoms. The Morgan fingerprint density at radius 1 is 0.933 bits per heavy atom. The van der Waals surface area contributed by atoms with E-state index in [0.717, 1.165) is 0 Å². The maximum absolute atomic E-state index is 12.9. The number of allylic oxidation sites excluding steroid dienone is 2. The number of amides is 2. The highest BCUT2D eigenvalue weighted by atomic mass is 16.4. The molecule has 2 amide bonds. The molecule has 0 bridgehead atoms. The van der Waals surface area contributed by atoms with Gasteiger partial charge in [0.1, 0.15) is 0 Å². The van der Waals surface area contributed by atoms with Gasteiger partial charge in [0.15, 0.2) is 0 Å². The molecule has 1 aliphatic carbocycles. The molecule has 1 saturated heterocycles. The predicted molar refractivity (Wildman–Crippen MR) is 112 cm³/mol. The monoisotopic (exact) mass is 398 g/mol. The van der Waals surface area contributed by atoms with Crippen molar-refractivity contribution in [3.8, 4) is 11.3 Å². The van der Waals surface area contributed by atoms with E-state index >= 15 is 0 Å². The Morgan fingerprint density at radius 2 is 1.63 bits per heavy atom. The summed E-state index contributed by atoms with van der Waals surface area (Å²) in [5.74, 6) is -1.99. The van der Waals surface area contributed by atoms with E-state index in [0.29, 0.717) is 40.7 Å². The largest absolute Gasteiger partial charge is 0.478 e. The number of carbonyl (C=O) groups excluding carboxylic acids is 2. The Morgan fingerprint density at radius 3 is 2.33 bits per heavy atom. The summed E-state index contributed by atoms with van der Waals surface area (Å²) >= 11 is 0. The molecule has 5 rings (SSSR count). The fourth-order valence-corrected chi connectivity index (χ4v) is 4.36. The van der Waals surface area contributed by atoms with Crippen molar-refractivity contribution in [2.75, 3.05) is 4.90 Å². The number of nitrogens with zero attached hydrogens (tertiary/aromatic N) is 2. The number of hydrogen-bond acceptors (Lipinski definition) is 4. The molecule has 0 saturated carbocycles. The Bertz CT molecular complexity index is 1220. The second kappa shape index (κ2) is 6.91. The van der Waals surface area contributed by atoms with Crippen LogP contribution in [0.2, 0.25) is 0 Å². The molecule has 1 aliphatic heterocycles. The summed E-state index contributed by atoms with van der Waals surface area (Å²) in [6.45, 7) is 0. The number of imide groups is 1. The molecule has 148 valence electrons. The van der Waals surface area contributed by atoms with Gasteiger partial charge in [0.25, 0.3) is 0 Å². The minimum Gasteiger partial charge on any atom is -0.478 e. The third-order valence-corrected chi connectivity index (χ3v) is 5.85. The van der Waals surface area contributed by atoms with Gasteiger partial charge in [-0.1, -0.05) is 42.5 Å². The topological polar surface area (TPSA) is 87.6 Å². The Balaban J connectivity index is 1.59. The van der Waals surface area contributed by atoms with Crippen molar-refractivity contribution in [3.05, 3.63) is 72.3 Å². The highest BCUT2D eigenvalue weighted by Gasteiger charge is 2.47. The van der Waals surface area contributed by atoms with E-state index in [1.807, 2.05) is 12.2 Å². The molecular formula is C24H18N2O4. The standard InChI is InChI=1S/C24H18N2O4/c27-22-17-9-1-2-10-18(17)23(28)26(22)15-7-5-6-14(12-15)21-13-19(24(29)30)16-8-3-4-11-20(16)25-21/h1-8,11-13,17-18H,9-10H2,(H,29,30). The lowest BCUT2D eigenvalue weighted by Crippen LogP contribution is -2.30. The van der Waals surface area contributed by atoms with E-state index in [1.165, 1.54) is 11.0 Å². The van der Waals surface area contributed by atoms with Gasteiger partial charge < -0.3 is 5.11 Å². The zero-order chi connectivity index (χ0) is 20.8. The van der Waals surface area contributed by atoms with Gasteiger partial charge in [0.05, 0.1) is 34.3 Å². The summed E-state index contributed by atoms with van der Waals surface area (Å²) < 4.78 is 0. The summed E-state index contributed by atoms with van der Waals surface area (Å²) in [6, 6.07) is 15.6. The number of carboxylic acid groups (broad SMARTS) is 1. The number of anilines is 1. The number of pyridine rings is 1. The van der Waals surface area contributed by atoms with Gasteiger partial charge in [0.2, 0.25) is 11.8 Å². The molecule has 2 aromatic carbocycles. The quantitative estimate of drug-likeness (QED) is 0.531. The van der Waals surface area contributed by atoms with Gasteiger partial charge in [-0.3, -0.25) is 14.5 Å². The van der Waals surface area contributed by atoms with E-state index in [4.69, 9.17) is 0 Å². The molecule has 6 heteroatoms. The average molecular weight is 398 g/mol. The first kappa shape index (κ1) is 18.2. The smallest absolute Gasteiger partial charge is 0.336 e.